The van der Waals surface area contributed by atoms with Crippen molar-refractivity contribution in [2.24, 2.45) is 5.73 Å². The molecule has 0 atom stereocenters. The molecule has 0 radical (unpaired) electrons. The Balaban J connectivity index is 1.74. The molecule has 0 saturated carbocycles. The number of pyridine rings is 1. The number of fused-ring (bicyclic) bond motifs is 2. The van der Waals surface area contributed by atoms with Gasteiger partial charge >= 0.3 is 0 Å². The van der Waals surface area contributed by atoms with Gasteiger partial charge in [-0.3, -0.25) is 4.79 Å². The van der Waals surface area contributed by atoms with E-state index in [1.54, 1.807) is 6.07 Å². The van der Waals surface area contributed by atoms with Crippen molar-refractivity contribution in [3.8, 4) is 0 Å². The van der Waals surface area contributed by atoms with Crippen LogP contribution in [0.25, 0.3) is 21.8 Å². The molecule has 3 rings (SSSR count). The van der Waals surface area contributed by atoms with E-state index in [0.717, 1.165) is 42.2 Å². The zero-order valence-corrected chi connectivity index (χ0v) is 14.8. The first kappa shape index (κ1) is 18.1. The fraction of sp³-hybridized carbons (Fsp3) is 0.300. The molecule has 0 aliphatic carbocycles. The van der Waals surface area contributed by atoms with Gasteiger partial charge in [-0.15, -0.1) is 0 Å². The summed E-state index contributed by atoms with van der Waals surface area (Å²) in [4.78, 5) is 17.3. The molecule has 3 aromatic rings. The molecule has 1 heterocycles. The van der Waals surface area contributed by atoms with Crippen molar-refractivity contribution in [1.82, 2.24) is 15.6 Å². The maximum Gasteiger partial charge on any atom is 0.253 e. The Labute approximate surface area is 153 Å². The van der Waals surface area contributed by atoms with Crippen LogP contribution < -0.4 is 22.1 Å². The van der Waals surface area contributed by atoms with Crippen LogP contribution in [-0.4, -0.2) is 37.1 Å². The van der Waals surface area contributed by atoms with Crippen molar-refractivity contribution in [2.45, 2.75) is 12.8 Å². The quantitative estimate of drug-likeness (QED) is 0.367. The summed E-state index contributed by atoms with van der Waals surface area (Å²) in [6.45, 7) is 3.00. The molecule has 6 N–H and O–H groups in total. The highest BCUT2D eigenvalue weighted by molar-refractivity contribution is 6.13. The van der Waals surface area contributed by atoms with Crippen molar-refractivity contribution in [3.05, 3.63) is 48.0 Å². The number of para-hydroxylation sites is 2. The van der Waals surface area contributed by atoms with Gasteiger partial charge in [-0.1, -0.05) is 30.3 Å². The van der Waals surface area contributed by atoms with E-state index < -0.39 is 0 Å². The largest absolute Gasteiger partial charge is 0.398 e. The molecule has 1 amide bonds. The molecule has 0 spiro atoms. The Morgan fingerprint density at radius 2 is 1.73 bits per heavy atom. The van der Waals surface area contributed by atoms with Crippen molar-refractivity contribution >= 4 is 33.4 Å². The summed E-state index contributed by atoms with van der Waals surface area (Å²) in [5.41, 5.74) is 14.4. The number of carbonyl (C=O) groups excluding carboxylic acids is 1. The molecule has 136 valence electrons. The summed E-state index contributed by atoms with van der Waals surface area (Å²) in [6.07, 6.45) is 1.90. The lowest BCUT2D eigenvalue weighted by molar-refractivity contribution is 0.0954. The molecule has 26 heavy (non-hydrogen) atoms. The van der Waals surface area contributed by atoms with Crippen LogP contribution >= 0.6 is 0 Å². The Morgan fingerprint density at radius 3 is 2.58 bits per heavy atom. The molecule has 6 heteroatoms. The highest BCUT2D eigenvalue weighted by atomic mass is 16.1. The number of amides is 1. The number of nitrogens with zero attached hydrogens (tertiary/aromatic N) is 1. The molecule has 1 aromatic heterocycles. The van der Waals surface area contributed by atoms with Gasteiger partial charge in [0.25, 0.3) is 5.91 Å². The first-order chi connectivity index (χ1) is 12.7. The number of hydrogen-bond donors (Lipinski definition) is 4. The minimum absolute atomic E-state index is 0.118. The molecule has 0 bridgehead atoms. The number of rotatable bonds is 8. The zero-order chi connectivity index (χ0) is 18.4. The average molecular weight is 351 g/mol. The Hall–Kier alpha value is -2.70. The monoisotopic (exact) mass is 351 g/mol. The van der Waals surface area contributed by atoms with E-state index in [4.69, 9.17) is 11.5 Å². The van der Waals surface area contributed by atoms with E-state index in [0.29, 0.717) is 29.9 Å². The molecular formula is C20H25N5O. The Kier molecular flexibility index (Phi) is 5.99. The van der Waals surface area contributed by atoms with E-state index in [1.165, 1.54) is 0 Å². The SMILES string of the molecule is NCCNCCCCNC(=O)c1cccc2c(N)c3ccccc3nc12. The molecule has 0 aliphatic rings. The highest BCUT2D eigenvalue weighted by Crippen LogP contribution is 2.29. The van der Waals surface area contributed by atoms with Crippen LogP contribution in [0.4, 0.5) is 5.69 Å². The van der Waals surface area contributed by atoms with Gasteiger partial charge in [0.05, 0.1) is 22.3 Å². The van der Waals surface area contributed by atoms with Crippen LogP contribution in [0, 0.1) is 0 Å². The fourth-order valence-corrected chi connectivity index (χ4v) is 3.03. The standard InChI is InChI=1S/C20H25N5O/c21-10-13-23-11-3-4-12-24-20(26)16-8-5-7-15-18(22)14-6-1-2-9-17(14)25-19(15)16/h1-2,5-9,23H,3-4,10-13,21H2,(H2,22,25)(H,24,26). The average Bonchev–Trinajstić information content (AvgIpc) is 2.67. The Bertz CT molecular complexity index is 909. The normalized spacial score (nSPS) is 11.1. The number of nitrogen functional groups attached to an aromatic ring is 1. The van der Waals surface area contributed by atoms with Crippen LogP contribution in [-0.2, 0) is 0 Å². The first-order valence-corrected chi connectivity index (χ1v) is 8.98. The second kappa shape index (κ2) is 8.60. The second-order valence-electron chi connectivity index (χ2n) is 6.25. The number of anilines is 1. The number of unbranched alkanes of at least 4 members (excludes halogenated alkanes) is 1. The number of hydrogen-bond acceptors (Lipinski definition) is 5. The lowest BCUT2D eigenvalue weighted by Crippen LogP contribution is -2.27. The number of aromatic nitrogens is 1. The van der Waals surface area contributed by atoms with Gasteiger partial charge in [0.15, 0.2) is 0 Å². The fourth-order valence-electron chi connectivity index (χ4n) is 3.03. The maximum absolute atomic E-state index is 12.6. The van der Waals surface area contributed by atoms with Crippen LogP contribution in [0.2, 0.25) is 0 Å². The van der Waals surface area contributed by atoms with Gasteiger partial charge in [0.2, 0.25) is 0 Å². The van der Waals surface area contributed by atoms with Gasteiger partial charge in [0, 0.05) is 30.4 Å². The van der Waals surface area contributed by atoms with E-state index in [2.05, 4.69) is 15.6 Å². The molecule has 0 saturated heterocycles. The van der Waals surface area contributed by atoms with Gasteiger partial charge in [-0.2, -0.15) is 0 Å². The maximum atomic E-state index is 12.6. The summed E-state index contributed by atoms with van der Waals surface area (Å²) < 4.78 is 0. The summed E-state index contributed by atoms with van der Waals surface area (Å²) in [6, 6.07) is 13.3. The molecule has 6 nitrogen and oxygen atoms in total. The van der Waals surface area contributed by atoms with Gasteiger partial charge < -0.3 is 22.1 Å². The lowest BCUT2D eigenvalue weighted by atomic mass is 10.0. The summed E-state index contributed by atoms with van der Waals surface area (Å²) >= 11 is 0. The van der Waals surface area contributed by atoms with E-state index >= 15 is 0 Å². The Morgan fingerprint density at radius 1 is 0.962 bits per heavy atom. The third kappa shape index (κ3) is 3.92. The minimum atomic E-state index is -0.118. The predicted molar refractivity (Wildman–Crippen MR) is 107 cm³/mol. The predicted octanol–water partition coefficient (Wildman–Crippen LogP) is 2.03. The second-order valence-corrected chi connectivity index (χ2v) is 6.25. The van der Waals surface area contributed by atoms with Crippen LogP contribution in [0.5, 0.6) is 0 Å². The van der Waals surface area contributed by atoms with Crippen molar-refractivity contribution in [1.29, 1.82) is 0 Å². The molecule has 0 fully saturated rings. The van der Waals surface area contributed by atoms with E-state index in [-0.39, 0.29) is 5.91 Å². The smallest absolute Gasteiger partial charge is 0.253 e. The van der Waals surface area contributed by atoms with Gasteiger partial charge in [-0.25, -0.2) is 4.98 Å². The summed E-state index contributed by atoms with van der Waals surface area (Å²) in [5, 5.41) is 7.93. The van der Waals surface area contributed by atoms with Crippen LogP contribution in [0.3, 0.4) is 0 Å². The third-order valence-electron chi connectivity index (χ3n) is 4.38. The minimum Gasteiger partial charge on any atom is -0.398 e. The lowest BCUT2D eigenvalue weighted by Gasteiger charge is -2.11. The molecule has 0 aliphatic heterocycles. The topological polar surface area (TPSA) is 106 Å². The molecule has 0 unspecified atom stereocenters. The number of nitrogens with two attached hydrogens (primary N) is 2. The summed E-state index contributed by atoms with van der Waals surface area (Å²) in [7, 11) is 0. The summed E-state index contributed by atoms with van der Waals surface area (Å²) in [5.74, 6) is -0.118. The van der Waals surface area contributed by atoms with Gasteiger partial charge in [0.1, 0.15) is 0 Å². The molecule has 2 aromatic carbocycles. The number of nitrogens with one attached hydrogen (secondary N) is 2. The van der Waals surface area contributed by atoms with Crippen molar-refractivity contribution in [3.63, 3.8) is 0 Å². The van der Waals surface area contributed by atoms with E-state index in [1.807, 2.05) is 36.4 Å². The van der Waals surface area contributed by atoms with Gasteiger partial charge in [-0.05, 0) is 31.5 Å². The molecular weight excluding hydrogens is 326 g/mol. The van der Waals surface area contributed by atoms with Crippen molar-refractivity contribution < 1.29 is 4.79 Å². The third-order valence-corrected chi connectivity index (χ3v) is 4.38. The highest BCUT2D eigenvalue weighted by Gasteiger charge is 2.14. The number of benzene rings is 2. The van der Waals surface area contributed by atoms with Crippen molar-refractivity contribution in [2.75, 3.05) is 31.9 Å². The van der Waals surface area contributed by atoms with Crippen LogP contribution in [0.1, 0.15) is 23.2 Å². The zero-order valence-electron chi connectivity index (χ0n) is 14.8. The first-order valence-electron chi connectivity index (χ1n) is 8.98. The van der Waals surface area contributed by atoms with Crippen LogP contribution in [0.15, 0.2) is 42.5 Å². The van der Waals surface area contributed by atoms with E-state index in [9.17, 15) is 4.79 Å². The number of carbonyl (C=O) groups is 1.